The van der Waals surface area contributed by atoms with E-state index in [1.807, 2.05) is 18.2 Å². The van der Waals surface area contributed by atoms with Crippen LogP contribution >= 0.6 is 0 Å². The lowest BCUT2D eigenvalue weighted by molar-refractivity contribution is 0.410. The molecular formula is C15H17FN2O. The lowest BCUT2D eigenvalue weighted by Crippen LogP contribution is -2.13. The summed E-state index contributed by atoms with van der Waals surface area (Å²) in [6.07, 6.45) is 3.13. The molecule has 2 N–H and O–H groups in total. The zero-order valence-corrected chi connectivity index (χ0v) is 10.8. The van der Waals surface area contributed by atoms with Crippen molar-refractivity contribution < 1.29 is 9.13 Å². The Bertz CT molecular complexity index is 531. The Balaban J connectivity index is 2.02. The molecule has 1 heterocycles. The highest BCUT2D eigenvalue weighted by atomic mass is 19.1. The summed E-state index contributed by atoms with van der Waals surface area (Å²) in [6.45, 7) is 0. The molecule has 1 aromatic heterocycles. The van der Waals surface area contributed by atoms with E-state index in [4.69, 9.17) is 10.5 Å². The van der Waals surface area contributed by atoms with Crippen LogP contribution in [0.15, 0.2) is 42.6 Å². The minimum Gasteiger partial charge on any atom is -0.497 e. The molecule has 1 aromatic carbocycles. The number of rotatable bonds is 5. The predicted octanol–water partition coefficient (Wildman–Crippen LogP) is 2.86. The van der Waals surface area contributed by atoms with Crippen molar-refractivity contribution in [1.29, 1.82) is 0 Å². The van der Waals surface area contributed by atoms with Gasteiger partial charge in [-0.1, -0.05) is 12.1 Å². The molecule has 0 spiro atoms. The third-order valence-corrected chi connectivity index (χ3v) is 3.04. The maximum atomic E-state index is 13.8. The lowest BCUT2D eigenvalue weighted by atomic mass is 10.0. The van der Waals surface area contributed by atoms with Crippen LogP contribution in [-0.4, -0.2) is 12.1 Å². The van der Waals surface area contributed by atoms with Crippen LogP contribution in [0.4, 0.5) is 4.39 Å². The van der Waals surface area contributed by atoms with Crippen LogP contribution < -0.4 is 10.5 Å². The third-order valence-electron chi connectivity index (χ3n) is 3.04. The molecule has 2 aromatic rings. The molecule has 2 rings (SSSR count). The van der Waals surface area contributed by atoms with Gasteiger partial charge in [-0.15, -0.1) is 0 Å². The molecule has 0 amide bonds. The number of halogens is 1. The van der Waals surface area contributed by atoms with Crippen molar-refractivity contribution in [1.82, 2.24) is 4.98 Å². The molecule has 1 atom stereocenters. The number of nitrogens with two attached hydrogens (primary N) is 1. The Morgan fingerprint density at radius 3 is 2.79 bits per heavy atom. The molecule has 0 aliphatic carbocycles. The zero-order chi connectivity index (χ0) is 13.7. The smallest absolute Gasteiger partial charge is 0.131 e. The highest BCUT2D eigenvalue weighted by molar-refractivity contribution is 5.30. The third kappa shape index (κ3) is 3.51. The Morgan fingerprint density at radius 1 is 1.32 bits per heavy atom. The Hall–Kier alpha value is -1.94. The monoisotopic (exact) mass is 260 g/mol. The number of aromatic nitrogens is 1. The first-order valence-electron chi connectivity index (χ1n) is 6.19. The maximum absolute atomic E-state index is 13.8. The van der Waals surface area contributed by atoms with Gasteiger partial charge in [0.05, 0.1) is 7.11 Å². The minimum absolute atomic E-state index is 0.326. The van der Waals surface area contributed by atoms with Crippen LogP contribution in [0.1, 0.15) is 23.7 Å². The van der Waals surface area contributed by atoms with Crippen molar-refractivity contribution >= 4 is 0 Å². The molecule has 0 bridgehead atoms. The minimum atomic E-state index is -0.340. The quantitative estimate of drug-likeness (QED) is 0.899. The van der Waals surface area contributed by atoms with E-state index >= 15 is 0 Å². The van der Waals surface area contributed by atoms with Gasteiger partial charge in [-0.3, -0.25) is 4.98 Å². The number of aryl methyl sites for hydroxylation is 1. The number of pyridine rings is 1. The number of hydrogen-bond acceptors (Lipinski definition) is 3. The average Bonchev–Trinajstić information content (AvgIpc) is 2.45. The van der Waals surface area contributed by atoms with Crippen LogP contribution in [0.2, 0.25) is 0 Å². The molecule has 0 radical (unpaired) electrons. The summed E-state index contributed by atoms with van der Waals surface area (Å²) >= 11 is 0. The second-order valence-electron chi connectivity index (χ2n) is 4.35. The van der Waals surface area contributed by atoms with Gasteiger partial charge in [-0.25, -0.2) is 4.39 Å². The van der Waals surface area contributed by atoms with Crippen LogP contribution in [0.3, 0.4) is 0 Å². The zero-order valence-electron chi connectivity index (χ0n) is 10.8. The van der Waals surface area contributed by atoms with Crippen molar-refractivity contribution in [2.75, 3.05) is 7.11 Å². The Kier molecular flexibility index (Phi) is 4.47. The van der Waals surface area contributed by atoms with E-state index in [9.17, 15) is 4.39 Å². The van der Waals surface area contributed by atoms with Crippen molar-refractivity contribution in [2.24, 2.45) is 5.73 Å². The van der Waals surface area contributed by atoms with Gasteiger partial charge in [0.2, 0.25) is 0 Å². The molecule has 0 aliphatic rings. The number of hydrogen-bond donors (Lipinski definition) is 1. The van der Waals surface area contributed by atoms with Gasteiger partial charge in [-0.2, -0.15) is 0 Å². The van der Waals surface area contributed by atoms with Gasteiger partial charge in [-0.05, 0) is 31.0 Å². The van der Waals surface area contributed by atoms with Crippen LogP contribution in [0.25, 0.3) is 0 Å². The highest BCUT2D eigenvalue weighted by Crippen LogP contribution is 2.23. The number of benzene rings is 1. The van der Waals surface area contributed by atoms with Crippen LogP contribution in [0.5, 0.6) is 5.75 Å². The Morgan fingerprint density at radius 2 is 2.16 bits per heavy atom. The summed E-state index contributed by atoms with van der Waals surface area (Å²) in [6, 6.07) is 10.2. The largest absolute Gasteiger partial charge is 0.497 e. The van der Waals surface area contributed by atoms with Gasteiger partial charge in [0.1, 0.15) is 11.6 Å². The second-order valence-corrected chi connectivity index (χ2v) is 4.35. The van der Waals surface area contributed by atoms with Gasteiger partial charge < -0.3 is 10.5 Å². The molecule has 1 unspecified atom stereocenters. The molecule has 4 heteroatoms. The summed E-state index contributed by atoms with van der Waals surface area (Å²) in [5, 5.41) is 0. The summed E-state index contributed by atoms with van der Waals surface area (Å²) in [5.41, 5.74) is 7.50. The Labute approximate surface area is 112 Å². The second kappa shape index (κ2) is 6.29. The van der Waals surface area contributed by atoms with Crippen LogP contribution in [0, 0.1) is 5.82 Å². The van der Waals surface area contributed by atoms with E-state index in [1.165, 1.54) is 13.2 Å². The van der Waals surface area contributed by atoms with E-state index < -0.39 is 0 Å². The number of ether oxygens (including phenoxy) is 1. The fourth-order valence-electron chi connectivity index (χ4n) is 1.94. The molecule has 19 heavy (non-hydrogen) atoms. The maximum Gasteiger partial charge on any atom is 0.131 e. The van der Waals surface area contributed by atoms with Gasteiger partial charge in [0.15, 0.2) is 0 Å². The molecule has 0 fully saturated rings. The normalized spacial score (nSPS) is 12.2. The standard InChI is InChI=1S/C15H17FN2O/c1-19-12-6-7-13(14(16)10-12)15(17)8-5-11-4-2-3-9-18-11/h2-4,6-7,9-10,15H,5,8,17H2,1H3. The molecule has 0 saturated heterocycles. The van der Waals surface area contributed by atoms with E-state index in [1.54, 1.807) is 18.3 Å². The van der Waals surface area contributed by atoms with E-state index in [0.29, 0.717) is 17.7 Å². The van der Waals surface area contributed by atoms with Crippen molar-refractivity contribution in [3.8, 4) is 5.75 Å². The molecule has 100 valence electrons. The SMILES string of the molecule is COc1ccc(C(N)CCc2ccccn2)c(F)c1. The topological polar surface area (TPSA) is 48.1 Å². The highest BCUT2D eigenvalue weighted by Gasteiger charge is 2.12. The van der Waals surface area contributed by atoms with Crippen molar-refractivity contribution in [3.63, 3.8) is 0 Å². The van der Waals surface area contributed by atoms with Gasteiger partial charge in [0, 0.05) is 29.6 Å². The summed E-state index contributed by atoms with van der Waals surface area (Å²) < 4.78 is 18.8. The van der Waals surface area contributed by atoms with E-state index in [0.717, 1.165) is 12.1 Å². The summed E-state index contributed by atoms with van der Waals surface area (Å²) in [5.74, 6) is 0.172. The molecular weight excluding hydrogens is 243 g/mol. The average molecular weight is 260 g/mol. The van der Waals surface area contributed by atoms with Gasteiger partial charge >= 0.3 is 0 Å². The van der Waals surface area contributed by atoms with E-state index in [2.05, 4.69) is 4.98 Å². The number of methoxy groups -OCH3 is 1. The molecule has 3 nitrogen and oxygen atoms in total. The molecule has 0 saturated carbocycles. The first-order valence-corrected chi connectivity index (χ1v) is 6.19. The molecule has 0 aliphatic heterocycles. The summed E-state index contributed by atoms with van der Waals surface area (Å²) in [7, 11) is 1.51. The number of nitrogens with zero attached hydrogens (tertiary/aromatic N) is 1. The predicted molar refractivity (Wildman–Crippen MR) is 72.4 cm³/mol. The summed E-state index contributed by atoms with van der Waals surface area (Å²) in [4.78, 5) is 4.22. The van der Waals surface area contributed by atoms with Crippen molar-refractivity contribution in [3.05, 3.63) is 59.7 Å². The van der Waals surface area contributed by atoms with E-state index in [-0.39, 0.29) is 11.9 Å². The fourth-order valence-corrected chi connectivity index (χ4v) is 1.94. The first-order chi connectivity index (χ1) is 9.20. The van der Waals surface area contributed by atoms with Crippen molar-refractivity contribution in [2.45, 2.75) is 18.9 Å². The fraction of sp³-hybridized carbons (Fsp3) is 0.267. The lowest BCUT2D eigenvalue weighted by Gasteiger charge is -2.13. The first kappa shape index (κ1) is 13.5. The van der Waals surface area contributed by atoms with Crippen LogP contribution in [-0.2, 0) is 6.42 Å². The van der Waals surface area contributed by atoms with Gasteiger partial charge in [0.25, 0.3) is 0 Å².